The van der Waals surface area contributed by atoms with E-state index in [0.29, 0.717) is 23.8 Å². The van der Waals surface area contributed by atoms with Crippen molar-refractivity contribution < 1.29 is 14.3 Å². The number of amides is 1. The number of methoxy groups -OCH3 is 1. The van der Waals surface area contributed by atoms with Crippen LogP contribution in [0.5, 0.6) is 11.5 Å². The van der Waals surface area contributed by atoms with Crippen molar-refractivity contribution in [1.29, 1.82) is 0 Å². The van der Waals surface area contributed by atoms with Gasteiger partial charge in [-0.25, -0.2) is 0 Å². The van der Waals surface area contributed by atoms with E-state index in [1.165, 1.54) is 11.8 Å². The zero-order valence-corrected chi connectivity index (χ0v) is 13.5. The number of ether oxygens (including phenoxy) is 2. The van der Waals surface area contributed by atoms with Crippen LogP contribution in [0, 0.1) is 0 Å². The van der Waals surface area contributed by atoms with Gasteiger partial charge in [-0.3, -0.25) is 4.79 Å². The van der Waals surface area contributed by atoms with Gasteiger partial charge < -0.3 is 14.8 Å². The second-order valence-corrected chi connectivity index (χ2v) is 5.49. The second-order valence-electron chi connectivity index (χ2n) is 4.44. The summed E-state index contributed by atoms with van der Waals surface area (Å²) in [6.45, 7) is 2.60. The van der Waals surface area contributed by atoms with Gasteiger partial charge in [0.25, 0.3) is 0 Å². The Morgan fingerprint density at radius 2 is 1.86 bits per heavy atom. The fourth-order valence-electron chi connectivity index (χ4n) is 1.88. The fraction of sp³-hybridized carbons (Fsp3) is 0.235. The zero-order chi connectivity index (χ0) is 15.8. The van der Waals surface area contributed by atoms with Gasteiger partial charge in [-0.15, -0.1) is 11.8 Å². The molecule has 0 aliphatic carbocycles. The first-order valence-electron chi connectivity index (χ1n) is 7.01. The average molecular weight is 317 g/mol. The molecule has 0 spiro atoms. The van der Waals surface area contributed by atoms with E-state index in [4.69, 9.17) is 9.47 Å². The monoisotopic (exact) mass is 317 g/mol. The maximum atomic E-state index is 12.0. The molecule has 2 aromatic rings. The van der Waals surface area contributed by atoms with E-state index in [1.54, 1.807) is 7.11 Å². The molecule has 0 atom stereocenters. The SMILES string of the molecule is CCOc1ccc(SCC(=O)Nc2ccccc2OC)cc1. The van der Waals surface area contributed by atoms with Crippen molar-refractivity contribution >= 4 is 23.4 Å². The van der Waals surface area contributed by atoms with Crippen molar-refractivity contribution in [1.82, 2.24) is 0 Å². The lowest BCUT2D eigenvalue weighted by Crippen LogP contribution is -2.14. The third-order valence-corrected chi connectivity index (χ3v) is 3.90. The Bertz CT molecular complexity index is 614. The number of thioether (sulfide) groups is 1. The lowest BCUT2D eigenvalue weighted by Gasteiger charge is -2.09. The Morgan fingerprint density at radius 1 is 1.14 bits per heavy atom. The van der Waals surface area contributed by atoms with Crippen LogP contribution in [-0.2, 0) is 4.79 Å². The Kier molecular flexibility index (Phi) is 6.15. The molecule has 0 radical (unpaired) electrons. The number of anilines is 1. The Labute approximate surface area is 134 Å². The van der Waals surface area contributed by atoms with Crippen LogP contribution in [0.15, 0.2) is 53.4 Å². The fourth-order valence-corrected chi connectivity index (χ4v) is 2.58. The molecule has 0 saturated carbocycles. The first kappa shape index (κ1) is 16.2. The highest BCUT2D eigenvalue weighted by atomic mass is 32.2. The van der Waals surface area contributed by atoms with Gasteiger partial charge in [0.2, 0.25) is 5.91 Å². The maximum Gasteiger partial charge on any atom is 0.234 e. The molecular formula is C17H19NO3S. The molecule has 0 aliphatic rings. The normalized spacial score (nSPS) is 10.1. The summed E-state index contributed by atoms with van der Waals surface area (Å²) < 4.78 is 10.6. The highest BCUT2D eigenvalue weighted by Crippen LogP contribution is 2.25. The molecule has 4 nitrogen and oxygen atoms in total. The van der Waals surface area contributed by atoms with Crippen LogP contribution in [0.2, 0.25) is 0 Å². The van der Waals surface area contributed by atoms with E-state index >= 15 is 0 Å². The number of carbonyl (C=O) groups excluding carboxylic acids is 1. The van der Waals surface area contributed by atoms with Crippen LogP contribution >= 0.6 is 11.8 Å². The highest BCUT2D eigenvalue weighted by molar-refractivity contribution is 8.00. The van der Waals surface area contributed by atoms with E-state index < -0.39 is 0 Å². The standard InChI is InChI=1S/C17H19NO3S/c1-3-21-13-8-10-14(11-9-13)22-12-17(19)18-15-6-4-5-7-16(15)20-2/h4-11H,3,12H2,1-2H3,(H,18,19). The summed E-state index contributed by atoms with van der Waals surface area (Å²) in [5, 5.41) is 2.85. The minimum absolute atomic E-state index is 0.0663. The summed E-state index contributed by atoms with van der Waals surface area (Å²) in [4.78, 5) is 13.0. The van der Waals surface area contributed by atoms with Gasteiger partial charge in [-0.2, -0.15) is 0 Å². The summed E-state index contributed by atoms with van der Waals surface area (Å²) in [5.74, 6) is 1.77. The van der Waals surface area contributed by atoms with Crippen LogP contribution in [0.25, 0.3) is 0 Å². The number of benzene rings is 2. The summed E-state index contributed by atoms with van der Waals surface area (Å²) >= 11 is 1.48. The van der Waals surface area contributed by atoms with Crippen molar-refractivity contribution in [3.63, 3.8) is 0 Å². The molecular weight excluding hydrogens is 298 g/mol. The molecule has 22 heavy (non-hydrogen) atoms. The number of hydrogen-bond acceptors (Lipinski definition) is 4. The van der Waals surface area contributed by atoms with Crippen molar-refractivity contribution in [3.8, 4) is 11.5 Å². The molecule has 2 rings (SSSR count). The summed E-state index contributed by atoms with van der Waals surface area (Å²) in [7, 11) is 1.58. The van der Waals surface area contributed by atoms with Crippen LogP contribution in [0.4, 0.5) is 5.69 Å². The molecule has 1 amide bonds. The molecule has 2 aromatic carbocycles. The Hall–Kier alpha value is -2.14. The second kappa shape index (κ2) is 8.34. The maximum absolute atomic E-state index is 12.0. The van der Waals surface area contributed by atoms with E-state index in [1.807, 2.05) is 55.5 Å². The molecule has 0 aliphatic heterocycles. The van der Waals surface area contributed by atoms with Gasteiger partial charge in [-0.05, 0) is 43.3 Å². The third-order valence-electron chi connectivity index (χ3n) is 2.89. The van der Waals surface area contributed by atoms with Gasteiger partial charge in [0.05, 0.1) is 25.2 Å². The van der Waals surface area contributed by atoms with Crippen molar-refractivity contribution in [3.05, 3.63) is 48.5 Å². The zero-order valence-electron chi connectivity index (χ0n) is 12.7. The molecule has 0 heterocycles. The van der Waals surface area contributed by atoms with Gasteiger partial charge in [0.15, 0.2) is 0 Å². The minimum atomic E-state index is -0.0663. The van der Waals surface area contributed by atoms with Crippen molar-refractivity contribution in [2.24, 2.45) is 0 Å². The molecule has 0 aromatic heterocycles. The molecule has 5 heteroatoms. The van der Waals surface area contributed by atoms with Crippen LogP contribution in [0.3, 0.4) is 0 Å². The van der Waals surface area contributed by atoms with Crippen molar-refractivity contribution in [2.75, 3.05) is 24.8 Å². The molecule has 0 saturated heterocycles. The Balaban J connectivity index is 1.87. The van der Waals surface area contributed by atoms with Crippen LogP contribution in [-0.4, -0.2) is 25.4 Å². The molecule has 116 valence electrons. The molecule has 0 fully saturated rings. The minimum Gasteiger partial charge on any atom is -0.495 e. The summed E-state index contributed by atoms with van der Waals surface area (Å²) in [6.07, 6.45) is 0. The number of rotatable bonds is 7. The molecule has 0 unspecified atom stereocenters. The first-order chi connectivity index (χ1) is 10.7. The Morgan fingerprint density at radius 3 is 2.55 bits per heavy atom. The van der Waals surface area contributed by atoms with E-state index in [9.17, 15) is 4.79 Å². The predicted octanol–water partition coefficient (Wildman–Crippen LogP) is 3.82. The number of hydrogen-bond donors (Lipinski definition) is 1. The summed E-state index contributed by atoms with van der Waals surface area (Å²) in [5.41, 5.74) is 0.683. The van der Waals surface area contributed by atoms with Gasteiger partial charge in [0, 0.05) is 4.90 Å². The molecule has 1 N–H and O–H groups in total. The lowest BCUT2D eigenvalue weighted by atomic mass is 10.3. The number of carbonyl (C=O) groups is 1. The smallest absolute Gasteiger partial charge is 0.234 e. The van der Waals surface area contributed by atoms with Gasteiger partial charge >= 0.3 is 0 Å². The molecule has 0 bridgehead atoms. The number of nitrogens with one attached hydrogen (secondary N) is 1. The first-order valence-corrected chi connectivity index (χ1v) is 8.00. The van der Waals surface area contributed by atoms with Crippen LogP contribution in [0.1, 0.15) is 6.92 Å². The van der Waals surface area contributed by atoms with E-state index in [0.717, 1.165) is 10.6 Å². The summed E-state index contributed by atoms with van der Waals surface area (Å²) in [6, 6.07) is 15.1. The van der Waals surface area contributed by atoms with E-state index in [2.05, 4.69) is 5.32 Å². The highest BCUT2D eigenvalue weighted by Gasteiger charge is 2.07. The van der Waals surface area contributed by atoms with Gasteiger partial charge in [0.1, 0.15) is 11.5 Å². The van der Waals surface area contributed by atoms with Gasteiger partial charge in [-0.1, -0.05) is 12.1 Å². The van der Waals surface area contributed by atoms with Crippen molar-refractivity contribution in [2.45, 2.75) is 11.8 Å². The van der Waals surface area contributed by atoms with E-state index in [-0.39, 0.29) is 5.91 Å². The number of para-hydroxylation sites is 2. The lowest BCUT2D eigenvalue weighted by molar-refractivity contribution is -0.113. The largest absolute Gasteiger partial charge is 0.495 e. The third kappa shape index (κ3) is 4.70. The average Bonchev–Trinajstić information content (AvgIpc) is 2.55. The predicted molar refractivity (Wildman–Crippen MR) is 90.0 cm³/mol. The quantitative estimate of drug-likeness (QED) is 0.789. The topological polar surface area (TPSA) is 47.6 Å². The van der Waals surface area contributed by atoms with Crippen LogP contribution < -0.4 is 14.8 Å².